The Labute approximate surface area is 231 Å². The predicted molar refractivity (Wildman–Crippen MR) is 152 cm³/mol. The van der Waals surface area contributed by atoms with Gasteiger partial charge in [-0.2, -0.15) is 0 Å². The lowest BCUT2D eigenvalue weighted by atomic mass is 9.93. The second-order valence-corrected chi connectivity index (χ2v) is 10.6. The summed E-state index contributed by atoms with van der Waals surface area (Å²) >= 11 is 1.51. The fourth-order valence-corrected chi connectivity index (χ4v) is 5.52. The number of methoxy groups -OCH3 is 1. The van der Waals surface area contributed by atoms with Crippen LogP contribution >= 0.6 is 11.3 Å². The molecule has 1 amide bonds. The van der Waals surface area contributed by atoms with Gasteiger partial charge in [-0.3, -0.25) is 9.59 Å². The van der Waals surface area contributed by atoms with E-state index in [1.54, 1.807) is 19.2 Å². The third kappa shape index (κ3) is 5.31. The Morgan fingerprint density at radius 1 is 0.949 bits per heavy atom. The minimum absolute atomic E-state index is 0.0493. The highest BCUT2D eigenvalue weighted by atomic mass is 32.1. The van der Waals surface area contributed by atoms with Gasteiger partial charge in [-0.1, -0.05) is 50.2 Å². The smallest absolute Gasteiger partial charge is 0.295 e. The zero-order chi connectivity index (χ0) is 27.5. The molecule has 4 aromatic rings. The standard InChI is InChI=1S/C32H29NO5S/c1-20(2)26-18-22(14-15-27(26)37-3)30(34)28-29(33(32(36)31(28)35)19-25-13-8-16-39-25)21-9-7-12-24(17-21)38-23-10-5-4-6-11-23/h4-18,20,29,34H,19H2,1-3H3/b30-28+. The highest BCUT2D eigenvalue weighted by Gasteiger charge is 2.46. The average molecular weight is 540 g/mol. The number of nitrogens with zero attached hydrogens (tertiary/aromatic N) is 1. The number of amides is 1. The number of ether oxygens (including phenoxy) is 2. The Balaban J connectivity index is 1.63. The first-order valence-electron chi connectivity index (χ1n) is 12.7. The molecule has 1 aromatic heterocycles. The Morgan fingerprint density at radius 3 is 2.41 bits per heavy atom. The lowest BCUT2D eigenvalue weighted by molar-refractivity contribution is -0.140. The van der Waals surface area contributed by atoms with Crippen molar-refractivity contribution in [1.29, 1.82) is 0 Å². The van der Waals surface area contributed by atoms with E-state index in [1.165, 1.54) is 16.2 Å². The van der Waals surface area contributed by atoms with Gasteiger partial charge in [0.1, 0.15) is 23.0 Å². The van der Waals surface area contributed by atoms with Gasteiger partial charge in [-0.05, 0) is 71.0 Å². The number of likely N-dealkylation sites (tertiary alicyclic amines) is 1. The van der Waals surface area contributed by atoms with E-state index in [2.05, 4.69) is 0 Å². The average Bonchev–Trinajstić information content (AvgIpc) is 3.55. The SMILES string of the molecule is COc1ccc(/C(O)=C2\C(=O)C(=O)N(Cc3cccs3)C2c2cccc(Oc3ccccc3)c2)cc1C(C)C. The number of hydrogen-bond acceptors (Lipinski definition) is 6. The molecule has 1 aliphatic rings. The van der Waals surface area contributed by atoms with Gasteiger partial charge in [0.15, 0.2) is 0 Å². The quantitative estimate of drug-likeness (QED) is 0.145. The lowest BCUT2D eigenvalue weighted by Gasteiger charge is -2.25. The van der Waals surface area contributed by atoms with Gasteiger partial charge in [0.05, 0.1) is 25.3 Å². The number of carbonyl (C=O) groups is 2. The Morgan fingerprint density at radius 2 is 1.72 bits per heavy atom. The molecular weight excluding hydrogens is 510 g/mol. The topological polar surface area (TPSA) is 76.1 Å². The summed E-state index contributed by atoms with van der Waals surface area (Å²) in [7, 11) is 1.60. The summed E-state index contributed by atoms with van der Waals surface area (Å²) in [6.45, 7) is 4.30. The van der Waals surface area contributed by atoms with Crippen molar-refractivity contribution in [2.75, 3.05) is 7.11 Å². The first-order valence-corrected chi connectivity index (χ1v) is 13.6. The normalized spacial score (nSPS) is 16.6. The number of hydrogen-bond donors (Lipinski definition) is 1. The van der Waals surface area contributed by atoms with Crippen molar-refractivity contribution < 1.29 is 24.2 Å². The molecule has 39 heavy (non-hydrogen) atoms. The van der Waals surface area contributed by atoms with Crippen LogP contribution in [0.25, 0.3) is 5.76 Å². The van der Waals surface area contributed by atoms with Crippen molar-refractivity contribution >= 4 is 28.8 Å². The van der Waals surface area contributed by atoms with E-state index < -0.39 is 17.7 Å². The van der Waals surface area contributed by atoms with Crippen LogP contribution in [0, 0.1) is 0 Å². The van der Waals surface area contributed by atoms with Crippen LogP contribution in [0.15, 0.2) is 95.9 Å². The molecule has 0 bridgehead atoms. The van der Waals surface area contributed by atoms with Crippen LogP contribution in [0.1, 0.15) is 47.4 Å². The van der Waals surface area contributed by atoms with Crippen LogP contribution in [0.2, 0.25) is 0 Å². The molecule has 1 atom stereocenters. The number of para-hydroxylation sites is 1. The number of carbonyl (C=O) groups excluding carboxylic acids is 2. The third-order valence-electron chi connectivity index (χ3n) is 6.72. The molecule has 1 unspecified atom stereocenters. The van der Waals surface area contributed by atoms with E-state index >= 15 is 0 Å². The molecule has 1 fully saturated rings. The number of thiophene rings is 1. The summed E-state index contributed by atoms with van der Waals surface area (Å²) in [5.74, 6) is 0.463. The number of benzene rings is 3. The van der Waals surface area contributed by atoms with Crippen molar-refractivity contribution in [3.8, 4) is 17.2 Å². The van der Waals surface area contributed by atoms with Gasteiger partial charge >= 0.3 is 0 Å². The number of aliphatic hydroxyl groups excluding tert-OH is 1. The molecule has 0 radical (unpaired) electrons. The van der Waals surface area contributed by atoms with Crippen LogP contribution in [0.4, 0.5) is 0 Å². The molecule has 198 valence electrons. The third-order valence-corrected chi connectivity index (χ3v) is 7.59. The van der Waals surface area contributed by atoms with Crippen molar-refractivity contribution in [2.24, 2.45) is 0 Å². The number of ketones is 1. The van der Waals surface area contributed by atoms with E-state index in [0.717, 1.165) is 10.4 Å². The summed E-state index contributed by atoms with van der Waals surface area (Å²) in [5, 5.41) is 13.5. The summed E-state index contributed by atoms with van der Waals surface area (Å²) in [6, 6.07) is 25.0. The Bertz CT molecular complexity index is 1530. The van der Waals surface area contributed by atoms with Crippen molar-refractivity contribution in [2.45, 2.75) is 32.4 Å². The van der Waals surface area contributed by atoms with Crippen molar-refractivity contribution in [1.82, 2.24) is 4.90 Å². The Hall–Kier alpha value is -4.36. The number of aliphatic hydroxyl groups is 1. The molecule has 2 heterocycles. The molecular formula is C32H29NO5S. The maximum atomic E-state index is 13.5. The summed E-state index contributed by atoms with van der Waals surface area (Å²) < 4.78 is 11.5. The van der Waals surface area contributed by atoms with Gasteiger partial charge in [-0.25, -0.2) is 0 Å². The lowest BCUT2D eigenvalue weighted by Crippen LogP contribution is -2.28. The molecule has 7 heteroatoms. The summed E-state index contributed by atoms with van der Waals surface area (Å²) in [6.07, 6.45) is 0. The van der Waals surface area contributed by atoms with Gasteiger partial charge in [0, 0.05) is 10.4 Å². The fraction of sp³-hybridized carbons (Fsp3) is 0.188. The maximum Gasteiger partial charge on any atom is 0.295 e. The molecule has 1 aliphatic heterocycles. The molecule has 0 saturated carbocycles. The van der Waals surface area contributed by atoms with Gasteiger partial charge < -0.3 is 19.5 Å². The largest absolute Gasteiger partial charge is 0.507 e. The van der Waals surface area contributed by atoms with Crippen LogP contribution in [-0.4, -0.2) is 28.8 Å². The van der Waals surface area contributed by atoms with Crippen molar-refractivity contribution in [3.63, 3.8) is 0 Å². The van der Waals surface area contributed by atoms with E-state index in [9.17, 15) is 14.7 Å². The molecule has 1 saturated heterocycles. The first-order chi connectivity index (χ1) is 18.9. The minimum Gasteiger partial charge on any atom is -0.507 e. The number of Topliss-reactive ketones (excluding diaryl/α,β-unsaturated/α-hetero) is 1. The highest BCUT2D eigenvalue weighted by molar-refractivity contribution is 7.09. The zero-order valence-electron chi connectivity index (χ0n) is 22.0. The van der Waals surface area contributed by atoms with E-state index in [-0.39, 0.29) is 23.8 Å². The molecule has 0 spiro atoms. The zero-order valence-corrected chi connectivity index (χ0v) is 22.8. The second-order valence-electron chi connectivity index (χ2n) is 9.61. The first kappa shape index (κ1) is 26.3. The van der Waals surface area contributed by atoms with E-state index in [4.69, 9.17) is 9.47 Å². The van der Waals surface area contributed by atoms with Crippen LogP contribution < -0.4 is 9.47 Å². The predicted octanol–water partition coefficient (Wildman–Crippen LogP) is 7.29. The fourth-order valence-electron chi connectivity index (χ4n) is 4.82. The molecule has 3 aromatic carbocycles. The van der Waals surface area contributed by atoms with Crippen LogP contribution in [0.3, 0.4) is 0 Å². The summed E-state index contributed by atoms with van der Waals surface area (Å²) in [4.78, 5) is 29.4. The van der Waals surface area contributed by atoms with Crippen LogP contribution in [0.5, 0.6) is 17.2 Å². The molecule has 5 rings (SSSR count). The number of rotatable bonds is 8. The molecule has 0 aliphatic carbocycles. The molecule has 6 nitrogen and oxygen atoms in total. The minimum atomic E-state index is -0.795. The maximum absolute atomic E-state index is 13.5. The molecule has 1 N–H and O–H groups in total. The van der Waals surface area contributed by atoms with Gasteiger partial charge in [0.25, 0.3) is 11.7 Å². The van der Waals surface area contributed by atoms with Gasteiger partial charge in [0.2, 0.25) is 0 Å². The van der Waals surface area contributed by atoms with Crippen molar-refractivity contribution in [3.05, 3.63) is 117 Å². The highest BCUT2D eigenvalue weighted by Crippen LogP contribution is 2.42. The summed E-state index contributed by atoms with van der Waals surface area (Å²) in [5.41, 5.74) is 2.06. The van der Waals surface area contributed by atoms with E-state index in [1.807, 2.05) is 92.0 Å². The van der Waals surface area contributed by atoms with Crippen LogP contribution in [-0.2, 0) is 16.1 Å². The van der Waals surface area contributed by atoms with E-state index in [0.29, 0.717) is 28.4 Å². The van der Waals surface area contributed by atoms with Gasteiger partial charge in [-0.15, -0.1) is 11.3 Å². The second kappa shape index (κ2) is 11.2. The monoisotopic (exact) mass is 539 g/mol. The Kier molecular flexibility index (Phi) is 7.52.